The second-order valence-electron chi connectivity index (χ2n) is 3.66. The minimum Gasteiger partial charge on any atom is -0.474 e. The summed E-state index contributed by atoms with van der Waals surface area (Å²) in [6, 6.07) is 12.1. The molecule has 0 spiro atoms. The molecule has 0 unspecified atom stereocenters. The van der Waals surface area contributed by atoms with Gasteiger partial charge in [-0.2, -0.15) is 0 Å². The van der Waals surface area contributed by atoms with Gasteiger partial charge in [0.05, 0.1) is 5.52 Å². The van der Waals surface area contributed by atoms with Gasteiger partial charge >= 0.3 is 0 Å². The first-order valence-electron chi connectivity index (χ1n) is 4.94. The van der Waals surface area contributed by atoms with Gasteiger partial charge in [-0.1, -0.05) is 18.2 Å². The molecule has 2 heteroatoms. The van der Waals surface area contributed by atoms with E-state index in [0.29, 0.717) is 6.10 Å². The molecule has 1 aliphatic rings. The number of para-hydroxylation sites is 1. The number of benzene rings is 1. The molecular weight excluding hydrogens is 174 g/mol. The molecule has 1 saturated carbocycles. The molecule has 2 nitrogen and oxygen atoms in total. The van der Waals surface area contributed by atoms with Crippen LogP contribution in [0.4, 0.5) is 0 Å². The van der Waals surface area contributed by atoms with E-state index in [1.54, 1.807) is 0 Å². The molecule has 3 rings (SSSR count). The van der Waals surface area contributed by atoms with E-state index in [1.807, 2.05) is 24.3 Å². The standard InChI is InChI=1S/C12H11NO/c1-2-4-11-9(3-1)5-8-12(13-11)14-10-6-7-10/h1-5,8,10H,6-7H2. The summed E-state index contributed by atoms with van der Waals surface area (Å²) in [5.74, 6) is 0.756. The predicted molar refractivity (Wildman–Crippen MR) is 55.4 cm³/mol. The molecule has 0 bridgehead atoms. The highest BCUT2D eigenvalue weighted by Crippen LogP contribution is 2.26. The van der Waals surface area contributed by atoms with Crippen LogP contribution in [0.3, 0.4) is 0 Å². The quantitative estimate of drug-likeness (QED) is 0.717. The lowest BCUT2D eigenvalue weighted by molar-refractivity contribution is 0.292. The molecule has 0 radical (unpaired) electrons. The SMILES string of the molecule is c1ccc2nc(OC3CC3)ccc2c1. The van der Waals surface area contributed by atoms with E-state index >= 15 is 0 Å². The number of rotatable bonds is 2. The highest BCUT2D eigenvalue weighted by molar-refractivity contribution is 5.78. The number of ether oxygens (including phenoxy) is 1. The van der Waals surface area contributed by atoms with Crippen molar-refractivity contribution in [2.45, 2.75) is 18.9 Å². The molecule has 0 N–H and O–H groups in total. The summed E-state index contributed by atoms with van der Waals surface area (Å²) < 4.78 is 5.62. The first-order valence-corrected chi connectivity index (χ1v) is 4.94. The topological polar surface area (TPSA) is 22.1 Å². The molecule has 1 aliphatic carbocycles. The van der Waals surface area contributed by atoms with Gasteiger partial charge < -0.3 is 4.74 Å². The van der Waals surface area contributed by atoms with E-state index in [0.717, 1.165) is 16.8 Å². The number of hydrogen-bond acceptors (Lipinski definition) is 2. The highest BCUT2D eigenvalue weighted by atomic mass is 16.5. The smallest absolute Gasteiger partial charge is 0.214 e. The maximum absolute atomic E-state index is 5.62. The van der Waals surface area contributed by atoms with Gasteiger partial charge in [0.25, 0.3) is 0 Å². The predicted octanol–water partition coefficient (Wildman–Crippen LogP) is 2.78. The normalized spacial score (nSPS) is 15.7. The monoisotopic (exact) mass is 185 g/mol. The number of nitrogens with zero attached hydrogens (tertiary/aromatic N) is 1. The zero-order valence-corrected chi connectivity index (χ0v) is 7.81. The average Bonchev–Trinajstić information content (AvgIpc) is 3.02. The maximum atomic E-state index is 5.62. The van der Waals surface area contributed by atoms with Crippen molar-refractivity contribution in [1.82, 2.24) is 4.98 Å². The Bertz CT molecular complexity index is 463. The molecule has 0 atom stereocenters. The first kappa shape index (κ1) is 7.80. The lowest BCUT2D eigenvalue weighted by Gasteiger charge is -2.03. The third kappa shape index (κ3) is 1.43. The highest BCUT2D eigenvalue weighted by Gasteiger charge is 2.23. The Kier molecular flexibility index (Phi) is 1.66. The Balaban J connectivity index is 2.01. The molecule has 0 saturated heterocycles. The van der Waals surface area contributed by atoms with Crippen molar-refractivity contribution in [3.8, 4) is 5.88 Å². The zero-order valence-electron chi connectivity index (χ0n) is 7.81. The van der Waals surface area contributed by atoms with Gasteiger partial charge in [0, 0.05) is 11.5 Å². The molecule has 1 aromatic heterocycles. The molecule has 1 aromatic carbocycles. The summed E-state index contributed by atoms with van der Waals surface area (Å²) in [4.78, 5) is 4.43. The first-order chi connectivity index (χ1) is 6.92. The van der Waals surface area contributed by atoms with Crippen LogP contribution >= 0.6 is 0 Å². The van der Waals surface area contributed by atoms with Crippen molar-refractivity contribution in [2.75, 3.05) is 0 Å². The second kappa shape index (κ2) is 2.98. The van der Waals surface area contributed by atoms with Crippen LogP contribution in [0.2, 0.25) is 0 Å². The number of hydrogen-bond donors (Lipinski definition) is 0. The van der Waals surface area contributed by atoms with Crippen molar-refractivity contribution >= 4 is 10.9 Å². The molecule has 2 aromatic rings. The van der Waals surface area contributed by atoms with E-state index in [4.69, 9.17) is 4.74 Å². The van der Waals surface area contributed by atoms with Crippen LogP contribution in [0.25, 0.3) is 10.9 Å². The van der Waals surface area contributed by atoms with Gasteiger partial charge in [-0.25, -0.2) is 4.98 Å². The van der Waals surface area contributed by atoms with Crippen LogP contribution < -0.4 is 4.74 Å². The van der Waals surface area contributed by atoms with Gasteiger partial charge in [0.1, 0.15) is 6.10 Å². The van der Waals surface area contributed by atoms with Gasteiger partial charge in [-0.3, -0.25) is 0 Å². The largest absolute Gasteiger partial charge is 0.474 e. The number of pyridine rings is 1. The number of aromatic nitrogens is 1. The van der Waals surface area contributed by atoms with Crippen molar-refractivity contribution in [2.24, 2.45) is 0 Å². The van der Waals surface area contributed by atoms with Crippen molar-refractivity contribution < 1.29 is 4.74 Å². The van der Waals surface area contributed by atoms with E-state index in [2.05, 4.69) is 17.1 Å². The maximum Gasteiger partial charge on any atom is 0.214 e. The summed E-state index contributed by atoms with van der Waals surface area (Å²) in [5.41, 5.74) is 1.01. The number of fused-ring (bicyclic) bond motifs is 1. The van der Waals surface area contributed by atoms with Gasteiger partial charge in [-0.15, -0.1) is 0 Å². The lowest BCUT2D eigenvalue weighted by atomic mass is 10.2. The minimum atomic E-state index is 0.420. The van der Waals surface area contributed by atoms with Crippen LogP contribution in [-0.2, 0) is 0 Å². The van der Waals surface area contributed by atoms with E-state index in [-0.39, 0.29) is 0 Å². The Morgan fingerprint density at radius 1 is 1.07 bits per heavy atom. The second-order valence-corrected chi connectivity index (χ2v) is 3.66. The fourth-order valence-corrected chi connectivity index (χ4v) is 1.47. The molecule has 1 heterocycles. The summed E-state index contributed by atoms with van der Waals surface area (Å²) in [5, 5.41) is 1.16. The Labute approximate surface area is 82.5 Å². The molecule has 70 valence electrons. The Morgan fingerprint density at radius 2 is 1.93 bits per heavy atom. The molecular formula is C12H11NO. The van der Waals surface area contributed by atoms with Gasteiger partial charge in [0.2, 0.25) is 5.88 Å². The Morgan fingerprint density at radius 3 is 2.79 bits per heavy atom. The molecule has 0 aliphatic heterocycles. The summed E-state index contributed by atoms with van der Waals surface area (Å²) in [6.07, 6.45) is 2.77. The zero-order chi connectivity index (χ0) is 9.38. The van der Waals surface area contributed by atoms with Gasteiger partial charge in [0.15, 0.2) is 0 Å². The van der Waals surface area contributed by atoms with Gasteiger partial charge in [-0.05, 0) is 25.0 Å². The van der Waals surface area contributed by atoms with Crippen LogP contribution in [0.1, 0.15) is 12.8 Å². The van der Waals surface area contributed by atoms with Crippen LogP contribution in [0.5, 0.6) is 5.88 Å². The fraction of sp³-hybridized carbons (Fsp3) is 0.250. The van der Waals surface area contributed by atoms with Crippen LogP contribution in [0, 0.1) is 0 Å². The molecule has 0 amide bonds. The van der Waals surface area contributed by atoms with E-state index in [1.165, 1.54) is 12.8 Å². The average molecular weight is 185 g/mol. The minimum absolute atomic E-state index is 0.420. The summed E-state index contributed by atoms with van der Waals surface area (Å²) in [7, 11) is 0. The molecule has 1 fully saturated rings. The van der Waals surface area contributed by atoms with Crippen molar-refractivity contribution in [1.29, 1.82) is 0 Å². The third-order valence-electron chi connectivity index (χ3n) is 2.38. The van der Waals surface area contributed by atoms with E-state index in [9.17, 15) is 0 Å². The third-order valence-corrected chi connectivity index (χ3v) is 2.38. The van der Waals surface area contributed by atoms with E-state index < -0.39 is 0 Å². The summed E-state index contributed by atoms with van der Waals surface area (Å²) >= 11 is 0. The van der Waals surface area contributed by atoms with Crippen molar-refractivity contribution in [3.05, 3.63) is 36.4 Å². The molecule has 14 heavy (non-hydrogen) atoms. The lowest BCUT2D eigenvalue weighted by Crippen LogP contribution is -1.97. The van der Waals surface area contributed by atoms with Crippen LogP contribution in [0.15, 0.2) is 36.4 Å². The summed E-state index contributed by atoms with van der Waals surface area (Å²) in [6.45, 7) is 0. The van der Waals surface area contributed by atoms with Crippen molar-refractivity contribution in [3.63, 3.8) is 0 Å². The van der Waals surface area contributed by atoms with Crippen LogP contribution in [-0.4, -0.2) is 11.1 Å². The fourth-order valence-electron chi connectivity index (χ4n) is 1.47. The Hall–Kier alpha value is -1.57.